The van der Waals surface area contributed by atoms with Crippen LogP contribution in [0.2, 0.25) is 0 Å². The van der Waals surface area contributed by atoms with Gasteiger partial charge in [-0.25, -0.2) is 5.01 Å². The smallest absolute Gasteiger partial charge is 0.271 e. The topological polar surface area (TPSA) is 71.0 Å². The number of hydrazone groups is 1. The summed E-state index contributed by atoms with van der Waals surface area (Å²) in [6.45, 7) is 0.674. The van der Waals surface area contributed by atoms with Gasteiger partial charge >= 0.3 is 0 Å². The molecule has 2 aromatic carbocycles. The number of nitrogens with zero attached hydrogens (tertiary/aromatic N) is 2. The third-order valence-electron chi connectivity index (χ3n) is 4.24. The number of rotatable bonds is 3. The molecule has 2 aromatic rings. The van der Waals surface area contributed by atoms with Crippen LogP contribution < -0.4 is 15.1 Å². The lowest BCUT2D eigenvalue weighted by molar-refractivity contribution is -0.118. The maximum atomic E-state index is 12.5. The lowest BCUT2D eigenvalue weighted by Gasteiger charge is -2.23. The van der Waals surface area contributed by atoms with E-state index in [1.807, 2.05) is 36.4 Å². The predicted molar refractivity (Wildman–Crippen MR) is 94.9 cm³/mol. The molecule has 0 radical (unpaired) electrons. The van der Waals surface area contributed by atoms with Crippen molar-refractivity contribution in [3.05, 3.63) is 54.1 Å². The Morgan fingerprint density at radius 1 is 1.08 bits per heavy atom. The SMILES string of the molecule is O=C(Nc1ccc2c(c1)CCO2)C1=NN(c2ccccc2)C(=O)CC1. The molecule has 0 aliphatic carbocycles. The second-order valence-electron chi connectivity index (χ2n) is 5.96. The average molecular weight is 335 g/mol. The Hall–Kier alpha value is -3.15. The van der Waals surface area contributed by atoms with E-state index in [9.17, 15) is 9.59 Å². The standard InChI is InChI=1S/C19H17N3O3/c23-18-9-7-16(21-22(18)15-4-2-1-3-5-15)19(24)20-14-6-8-17-13(12-14)10-11-25-17/h1-6,8,12H,7,9-11H2,(H,20,24). The van der Waals surface area contributed by atoms with Crippen LogP contribution in [0, 0.1) is 0 Å². The van der Waals surface area contributed by atoms with E-state index in [-0.39, 0.29) is 18.2 Å². The molecule has 0 fully saturated rings. The van der Waals surface area contributed by atoms with Crippen LogP contribution in [-0.4, -0.2) is 24.1 Å². The van der Waals surface area contributed by atoms with Crippen molar-refractivity contribution in [2.45, 2.75) is 19.3 Å². The first-order valence-corrected chi connectivity index (χ1v) is 8.23. The lowest BCUT2D eigenvalue weighted by Crippen LogP contribution is -2.36. The highest BCUT2D eigenvalue weighted by atomic mass is 16.5. The second-order valence-corrected chi connectivity index (χ2v) is 5.96. The highest BCUT2D eigenvalue weighted by Gasteiger charge is 2.25. The summed E-state index contributed by atoms with van der Waals surface area (Å²) < 4.78 is 5.47. The van der Waals surface area contributed by atoms with Crippen LogP contribution in [0.3, 0.4) is 0 Å². The molecule has 0 bridgehead atoms. The van der Waals surface area contributed by atoms with Gasteiger partial charge < -0.3 is 10.1 Å². The van der Waals surface area contributed by atoms with E-state index < -0.39 is 0 Å². The van der Waals surface area contributed by atoms with Gasteiger partial charge in [-0.3, -0.25) is 9.59 Å². The van der Waals surface area contributed by atoms with Crippen molar-refractivity contribution < 1.29 is 14.3 Å². The minimum Gasteiger partial charge on any atom is -0.493 e. The zero-order valence-electron chi connectivity index (χ0n) is 13.6. The van der Waals surface area contributed by atoms with Crippen LogP contribution in [0.15, 0.2) is 53.6 Å². The molecule has 0 saturated heterocycles. The molecule has 6 heteroatoms. The first-order valence-electron chi connectivity index (χ1n) is 8.23. The lowest BCUT2D eigenvalue weighted by atomic mass is 10.1. The number of benzene rings is 2. The number of amides is 2. The molecule has 0 unspecified atom stereocenters. The number of nitrogens with one attached hydrogen (secondary N) is 1. The molecule has 0 saturated carbocycles. The van der Waals surface area contributed by atoms with Crippen molar-refractivity contribution >= 4 is 28.9 Å². The number of para-hydroxylation sites is 1. The zero-order valence-corrected chi connectivity index (χ0v) is 13.6. The van der Waals surface area contributed by atoms with Crippen LogP contribution in [-0.2, 0) is 16.0 Å². The third-order valence-corrected chi connectivity index (χ3v) is 4.24. The van der Waals surface area contributed by atoms with E-state index in [0.29, 0.717) is 30.1 Å². The van der Waals surface area contributed by atoms with Gasteiger partial charge in [-0.2, -0.15) is 5.10 Å². The first-order chi connectivity index (χ1) is 12.2. The fourth-order valence-corrected chi connectivity index (χ4v) is 2.96. The molecule has 2 aliphatic heterocycles. The largest absolute Gasteiger partial charge is 0.493 e. The van der Waals surface area contributed by atoms with E-state index in [1.54, 1.807) is 12.1 Å². The first kappa shape index (κ1) is 15.4. The van der Waals surface area contributed by atoms with Crippen LogP contribution >= 0.6 is 0 Å². The second kappa shape index (κ2) is 6.39. The number of anilines is 2. The zero-order chi connectivity index (χ0) is 17.2. The van der Waals surface area contributed by atoms with Gasteiger partial charge in [0.1, 0.15) is 11.5 Å². The normalized spacial score (nSPS) is 16.1. The Labute approximate surface area is 145 Å². The number of carbonyl (C=O) groups excluding carboxylic acids is 2. The van der Waals surface area contributed by atoms with E-state index in [2.05, 4.69) is 10.4 Å². The summed E-state index contributed by atoms with van der Waals surface area (Å²) in [4.78, 5) is 24.7. The van der Waals surface area contributed by atoms with Crippen LogP contribution in [0.5, 0.6) is 5.75 Å². The van der Waals surface area contributed by atoms with Crippen molar-refractivity contribution in [3.63, 3.8) is 0 Å². The van der Waals surface area contributed by atoms with Crippen molar-refractivity contribution in [2.75, 3.05) is 16.9 Å². The number of fused-ring (bicyclic) bond motifs is 1. The van der Waals surface area contributed by atoms with Crippen LogP contribution in [0.1, 0.15) is 18.4 Å². The molecular formula is C19H17N3O3. The molecule has 2 aliphatic rings. The van der Waals surface area contributed by atoms with Gasteiger partial charge in [0.2, 0.25) is 5.91 Å². The minimum atomic E-state index is -0.285. The highest BCUT2D eigenvalue weighted by Crippen LogP contribution is 2.28. The summed E-state index contributed by atoms with van der Waals surface area (Å²) in [5.74, 6) is 0.471. The molecule has 25 heavy (non-hydrogen) atoms. The van der Waals surface area contributed by atoms with Crippen molar-refractivity contribution in [1.82, 2.24) is 0 Å². The molecular weight excluding hydrogens is 318 g/mol. The highest BCUT2D eigenvalue weighted by molar-refractivity contribution is 6.44. The summed E-state index contributed by atoms with van der Waals surface area (Å²) in [6.07, 6.45) is 1.44. The third kappa shape index (κ3) is 3.10. The fraction of sp³-hybridized carbons (Fsp3) is 0.211. The van der Waals surface area contributed by atoms with Crippen molar-refractivity contribution in [3.8, 4) is 5.75 Å². The summed E-state index contributed by atoms with van der Waals surface area (Å²) in [5, 5.41) is 8.43. The van der Waals surface area contributed by atoms with E-state index in [1.165, 1.54) is 5.01 Å². The summed E-state index contributed by atoms with van der Waals surface area (Å²) in [5.41, 5.74) is 2.80. The molecule has 1 N–H and O–H groups in total. The van der Waals surface area contributed by atoms with Gasteiger partial charge in [0, 0.05) is 24.9 Å². The molecule has 4 rings (SSSR count). The number of carbonyl (C=O) groups is 2. The molecule has 2 heterocycles. The molecule has 126 valence electrons. The Balaban J connectivity index is 1.54. The van der Waals surface area contributed by atoms with Crippen molar-refractivity contribution in [1.29, 1.82) is 0 Å². The predicted octanol–water partition coefficient (Wildman–Crippen LogP) is 2.74. The maximum Gasteiger partial charge on any atom is 0.271 e. The Morgan fingerprint density at radius 3 is 2.76 bits per heavy atom. The quantitative estimate of drug-likeness (QED) is 0.937. The van der Waals surface area contributed by atoms with Crippen molar-refractivity contribution in [2.24, 2.45) is 5.10 Å². The molecule has 0 spiro atoms. The summed E-state index contributed by atoms with van der Waals surface area (Å²) >= 11 is 0. The van der Waals surface area contributed by atoms with Gasteiger partial charge in [-0.15, -0.1) is 0 Å². The van der Waals surface area contributed by atoms with E-state index >= 15 is 0 Å². The number of hydrogen-bond acceptors (Lipinski definition) is 4. The Kier molecular flexibility index (Phi) is 3.93. The Bertz CT molecular complexity index is 861. The van der Waals surface area contributed by atoms with Gasteiger partial charge in [-0.05, 0) is 35.9 Å². The van der Waals surface area contributed by atoms with E-state index in [0.717, 1.165) is 17.7 Å². The van der Waals surface area contributed by atoms with Gasteiger partial charge in [0.25, 0.3) is 5.91 Å². The number of ether oxygens (including phenoxy) is 1. The maximum absolute atomic E-state index is 12.5. The molecule has 0 aromatic heterocycles. The minimum absolute atomic E-state index is 0.113. The molecule has 6 nitrogen and oxygen atoms in total. The molecule has 2 amide bonds. The summed E-state index contributed by atoms with van der Waals surface area (Å²) in [7, 11) is 0. The van der Waals surface area contributed by atoms with Gasteiger partial charge in [0.15, 0.2) is 0 Å². The fourth-order valence-electron chi connectivity index (χ4n) is 2.96. The Morgan fingerprint density at radius 2 is 1.92 bits per heavy atom. The van der Waals surface area contributed by atoms with Crippen LogP contribution in [0.25, 0.3) is 0 Å². The van der Waals surface area contributed by atoms with E-state index in [4.69, 9.17) is 4.74 Å². The molecule has 0 atom stereocenters. The monoisotopic (exact) mass is 335 g/mol. The number of hydrogen-bond donors (Lipinski definition) is 1. The van der Waals surface area contributed by atoms with Gasteiger partial charge in [0.05, 0.1) is 12.3 Å². The van der Waals surface area contributed by atoms with Crippen LogP contribution in [0.4, 0.5) is 11.4 Å². The average Bonchev–Trinajstić information content (AvgIpc) is 3.10. The summed E-state index contributed by atoms with van der Waals surface area (Å²) in [6, 6.07) is 14.7. The van der Waals surface area contributed by atoms with Gasteiger partial charge in [-0.1, -0.05) is 18.2 Å².